The molecule has 3 rings (SSSR count). The Morgan fingerprint density at radius 1 is 1.27 bits per heavy atom. The molecule has 1 aromatic carbocycles. The lowest BCUT2D eigenvalue weighted by atomic mass is 10.0. The number of rotatable bonds is 3. The molecule has 22 heavy (non-hydrogen) atoms. The van der Waals surface area contributed by atoms with Gasteiger partial charge in [0.25, 0.3) is 5.91 Å². The van der Waals surface area contributed by atoms with Crippen molar-refractivity contribution in [2.75, 3.05) is 6.54 Å². The quantitative estimate of drug-likeness (QED) is 0.829. The number of hydrogen-bond acceptors (Lipinski definition) is 1. The van der Waals surface area contributed by atoms with Crippen LogP contribution in [-0.4, -0.2) is 17.0 Å². The lowest BCUT2D eigenvalue weighted by molar-refractivity contribution is 0.0947. The normalized spacial score (nSPS) is 16.6. The summed E-state index contributed by atoms with van der Waals surface area (Å²) in [4.78, 5) is 12.5. The number of aryl methyl sites for hydroxylation is 1. The van der Waals surface area contributed by atoms with E-state index in [4.69, 9.17) is 11.6 Å². The fraction of sp³-hybridized carbons (Fsp3) is 0.500. The van der Waals surface area contributed by atoms with Crippen LogP contribution in [0.5, 0.6) is 0 Å². The van der Waals surface area contributed by atoms with Crippen molar-refractivity contribution >= 4 is 28.4 Å². The van der Waals surface area contributed by atoms with Crippen molar-refractivity contribution in [1.82, 2.24) is 9.88 Å². The maximum Gasteiger partial charge on any atom is 0.253 e. The van der Waals surface area contributed by atoms with Crippen LogP contribution < -0.4 is 5.32 Å². The molecule has 0 unspecified atom stereocenters. The molecule has 0 radical (unpaired) electrons. The zero-order chi connectivity index (χ0) is 15.5. The molecule has 1 aliphatic carbocycles. The smallest absolute Gasteiger partial charge is 0.253 e. The fourth-order valence-electron chi connectivity index (χ4n) is 3.50. The zero-order valence-corrected chi connectivity index (χ0v) is 13.8. The van der Waals surface area contributed by atoms with Crippen molar-refractivity contribution < 1.29 is 4.79 Å². The first-order valence-electron chi connectivity index (χ1n) is 8.18. The number of carbonyl (C=O) groups is 1. The maximum atomic E-state index is 12.5. The minimum absolute atomic E-state index is 0.0112. The molecule has 1 aromatic heterocycles. The summed E-state index contributed by atoms with van der Waals surface area (Å²) in [6, 6.07) is 5.71. The number of aromatic nitrogens is 1. The van der Waals surface area contributed by atoms with E-state index in [0.29, 0.717) is 16.5 Å². The third-order valence-electron chi connectivity index (χ3n) is 4.72. The van der Waals surface area contributed by atoms with Gasteiger partial charge in [-0.3, -0.25) is 4.79 Å². The van der Waals surface area contributed by atoms with E-state index in [-0.39, 0.29) is 5.91 Å². The highest BCUT2D eigenvalue weighted by molar-refractivity contribution is 6.35. The summed E-state index contributed by atoms with van der Waals surface area (Å²) in [5, 5.41) is 4.73. The van der Waals surface area contributed by atoms with Crippen molar-refractivity contribution in [2.45, 2.75) is 38.5 Å². The molecule has 0 atom stereocenters. The molecule has 1 aliphatic rings. The van der Waals surface area contributed by atoms with Gasteiger partial charge in [-0.1, -0.05) is 49.4 Å². The van der Waals surface area contributed by atoms with Crippen LogP contribution in [0.15, 0.2) is 24.4 Å². The van der Waals surface area contributed by atoms with Crippen molar-refractivity contribution in [3.05, 3.63) is 35.0 Å². The van der Waals surface area contributed by atoms with Crippen LogP contribution in [0.3, 0.4) is 0 Å². The number of hydrogen-bond donors (Lipinski definition) is 1. The first-order chi connectivity index (χ1) is 10.7. The van der Waals surface area contributed by atoms with Crippen molar-refractivity contribution in [1.29, 1.82) is 0 Å². The number of para-hydroxylation sites is 1. The molecule has 118 valence electrons. The van der Waals surface area contributed by atoms with E-state index >= 15 is 0 Å². The molecular formula is C18H23ClN2O. The number of amides is 1. The molecule has 0 saturated heterocycles. The van der Waals surface area contributed by atoms with Gasteiger partial charge in [0.15, 0.2) is 0 Å². The third-order valence-corrected chi connectivity index (χ3v) is 5.03. The van der Waals surface area contributed by atoms with Gasteiger partial charge in [0.05, 0.1) is 16.1 Å². The van der Waals surface area contributed by atoms with Crippen LogP contribution in [-0.2, 0) is 7.05 Å². The van der Waals surface area contributed by atoms with Crippen LogP contribution in [0.2, 0.25) is 5.02 Å². The molecule has 1 heterocycles. The summed E-state index contributed by atoms with van der Waals surface area (Å²) in [6.07, 6.45) is 9.62. The highest BCUT2D eigenvalue weighted by atomic mass is 35.5. The number of nitrogens with zero attached hydrogens (tertiary/aromatic N) is 1. The van der Waals surface area contributed by atoms with Crippen molar-refractivity contribution in [3.63, 3.8) is 0 Å². The molecule has 3 nitrogen and oxygen atoms in total. The van der Waals surface area contributed by atoms with E-state index in [1.165, 1.54) is 38.5 Å². The summed E-state index contributed by atoms with van der Waals surface area (Å²) in [6.45, 7) is 0.787. The second kappa shape index (κ2) is 6.74. The molecule has 1 saturated carbocycles. The van der Waals surface area contributed by atoms with Gasteiger partial charge in [0, 0.05) is 25.2 Å². The average molecular weight is 319 g/mol. The Kier molecular flexibility index (Phi) is 4.72. The van der Waals surface area contributed by atoms with Crippen molar-refractivity contribution in [3.8, 4) is 0 Å². The van der Waals surface area contributed by atoms with Crippen LogP contribution >= 0.6 is 11.6 Å². The SMILES string of the molecule is Cn1cc(C(=O)NCC2CCCCCC2)c2cccc(Cl)c21. The number of nitrogens with one attached hydrogen (secondary N) is 1. The van der Waals surface area contributed by atoms with E-state index in [1.807, 2.05) is 36.0 Å². The Labute approximate surface area is 136 Å². The molecule has 4 heteroatoms. The Morgan fingerprint density at radius 3 is 2.73 bits per heavy atom. The monoisotopic (exact) mass is 318 g/mol. The second-order valence-corrected chi connectivity index (χ2v) is 6.76. The summed E-state index contributed by atoms with van der Waals surface area (Å²) >= 11 is 6.24. The van der Waals surface area contributed by atoms with Gasteiger partial charge < -0.3 is 9.88 Å². The molecule has 0 aliphatic heterocycles. The molecule has 1 amide bonds. The van der Waals surface area contributed by atoms with E-state index < -0.39 is 0 Å². The Morgan fingerprint density at radius 2 is 2.00 bits per heavy atom. The predicted octanol–water partition coefficient (Wildman–Crippen LogP) is 4.53. The largest absolute Gasteiger partial charge is 0.352 e. The molecule has 2 aromatic rings. The standard InChI is InChI=1S/C18H23ClN2O/c1-21-12-15(14-9-6-10-16(19)17(14)21)18(22)20-11-13-7-4-2-3-5-8-13/h6,9-10,12-13H,2-5,7-8,11H2,1H3,(H,20,22). The Balaban J connectivity index is 1.74. The molecule has 1 N–H and O–H groups in total. The lowest BCUT2D eigenvalue weighted by Gasteiger charge is -2.14. The molecule has 1 fully saturated rings. The number of halogens is 1. The summed E-state index contributed by atoms with van der Waals surface area (Å²) in [5.74, 6) is 0.641. The van der Waals surface area contributed by atoms with Gasteiger partial charge in [-0.15, -0.1) is 0 Å². The van der Waals surface area contributed by atoms with Gasteiger partial charge in [-0.25, -0.2) is 0 Å². The highest BCUT2D eigenvalue weighted by Crippen LogP contribution is 2.27. The van der Waals surface area contributed by atoms with Gasteiger partial charge in [-0.2, -0.15) is 0 Å². The van der Waals surface area contributed by atoms with Gasteiger partial charge in [0.2, 0.25) is 0 Å². The lowest BCUT2D eigenvalue weighted by Crippen LogP contribution is -2.29. The summed E-state index contributed by atoms with van der Waals surface area (Å²) in [7, 11) is 1.93. The number of carbonyl (C=O) groups excluding carboxylic acids is 1. The molecular weight excluding hydrogens is 296 g/mol. The van der Waals surface area contributed by atoms with Crippen LogP contribution in [0.1, 0.15) is 48.9 Å². The predicted molar refractivity (Wildman–Crippen MR) is 91.5 cm³/mol. The van der Waals surface area contributed by atoms with E-state index in [2.05, 4.69) is 5.32 Å². The topological polar surface area (TPSA) is 34.0 Å². The minimum atomic E-state index is 0.0112. The zero-order valence-electron chi connectivity index (χ0n) is 13.1. The van der Waals surface area contributed by atoms with E-state index in [0.717, 1.165) is 17.4 Å². The molecule has 0 spiro atoms. The van der Waals surface area contributed by atoms with Crippen LogP contribution in [0, 0.1) is 5.92 Å². The molecule has 0 bridgehead atoms. The van der Waals surface area contributed by atoms with E-state index in [9.17, 15) is 4.79 Å². The Bertz CT molecular complexity index is 669. The minimum Gasteiger partial charge on any atom is -0.352 e. The fourth-order valence-corrected chi connectivity index (χ4v) is 3.81. The van der Waals surface area contributed by atoms with Crippen molar-refractivity contribution in [2.24, 2.45) is 13.0 Å². The third kappa shape index (κ3) is 3.14. The van der Waals surface area contributed by atoms with E-state index in [1.54, 1.807) is 0 Å². The summed E-state index contributed by atoms with van der Waals surface area (Å²) in [5.41, 5.74) is 1.64. The first-order valence-corrected chi connectivity index (χ1v) is 8.56. The van der Waals surface area contributed by atoms with Crippen LogP contribution in [0.4, 0.5) is 0 Å². The highest BCUT2D eigenvalue weighted by Gasteiger charge is 2.17. The van der Waals surface area contributed by atoms with Crippen LogP contribution in [0.25, 0.3) is 10.9 Å². The average Bonchev–Trinajstić information content (AvgIpc) is 2.70. The number of benzene rings is 1. The maximum absolute atomic E-state index is 12.5. The summed E-state index contributed by atoms with van der Waals surface area (Å²) < 4.78 is 1.93. The van der Waals surface area contributed by atoms with Gasteiger partial charge in [-0.05, 0) is 24.8 Å². The second-order valence-electron chi connectivity index (χ2n) is 6.36. The number of fused-ring (bicyclic) bond motifs is 1. The first kappa shape index (κ1) is 15.4. The van der Waals surface area contributed by atoms with Gasteiger partial charge in [0.1, 0.15) is 0 Å². The Hall–Kier alpha value is -1.48. The van der Waals surface area contributed by atoms with Gasteiger partial charge >= 0.3 is 0 Å².